The van der Waals surface area contributed by atoms with E-state index in [9.17, 15) is 4.79 Å². The van der Waals surface area contributed by atoms with Crippen LogP contribution in [0.2, 0.25) is 5.02 Å². The Balaban J connectivity index is 1.47. The zero-order chi connectivity index (χ0) is 21.6. The first kappa shape index (κ1) is 21.1. The van der Waals surface area contributed by atoms with Gasteiger partial charge in [0.15, 0.2) is 0 Å². The Labute approximate surface area is 187 Å². The van der Waals surface area contributed by atoms with E-state index in [0.717, 1.165) is 30.6 Å². The number of nitrogens with zero attached hydrogens (tertiary/aromatic N) is 2. The summed E-state index contributed by atoms with van der Waals surface area (Å²) < 4.78 is 7.62. The van der Waals surface area contributed by atoms with Crippen molar-refractivity contribution in [2.75, 3.05) is 6.61 Å². The maximum Gasteiger partial charge on any atom is 0.261 e. The van der Waals surface area contributed by atoms with Gasteiger partial charge in [-0.1, -0.05) is 35.9 Å². The molecule has 0 aliphatic heterocycles. The van der Waals surface area contributed by atoms with Crippen LogP contribution in [0, 0.1) is 6.92 Å². The number of unbranched alkanes of at least 4 members (excludes halogenated alkanes) is 2. The molecule has 0 spiro atoms. The molecule has 4 aromatic rings. The molecule has 3 aromatic carbocycles. The summed E-state index contributed by atoms with van der Waals surface area (Å²) in [4.78, 5) is 18.0. The highest BCUT2D eigenvalue weighted by Gasteiger charge is 2.12. The molecule has 0 bridgehead atoms. The lowest BCUT2D eigenvalue weighted by Crippen LogP contribution is -2.23. The largest absolute Gasteiger partial charge is 0.494 e. The quantitative estimate of drug-likeness (QED) is 0.308. The van der Waals surface area contributed by atoms with Crippen molar-refractivity contribution in [3.05, 3.63) is 93.7 Å². The summed E-state index contributed by atoms with van der Waals surface area (Å²) in [5.41, 5.74) is 2.78. The van der Waals surface area contributed by atoms with Gasteiger partial charge >= 0.3 is 0 Å². The fourth-order valence-corrected chi connectivity index (χ4v) is 3.76. The maximum absolute atomic E-state index is 13.2. The molecule has 0 unspecified atom stereocenters. The van der Waals surface area contributed by atoms with E-state index < -0.39 is 0 Å². The molecule has 0 radical (unpaired) electrons. The van der Waals surface area contributed by atoms with E-state index >= 15 is 0 Å². The van der Waals surface area contributed by atoms with E-state index in [1.165, 1.54) is 5.56 Å². The highest BCUT2D eigenvalue weighted by molar-refractivity contribution is 6.30. The lowest BCUT2D eigenvalue weighted by atomic mass is 10.1. The summed E-state index contributed by atoms with van der Waals surface area (Å²) in [5.74, 6) is 1.58. The van der Waals surface area contributed by atoms with Crippen LogP contribution >= 0.6 is 11.6 Å². The Bertz CT molecular complexity index is 1230. The molecule has 5 heteroatoms. The Morgan fingerprint density at radius 2 is 1.74 bits per heavy atom. The van der Waals surface area contributed by atoms with Crippen molar-refractivity contribution >= 4 is 22.5 Å². The van der Waals surface area contributed by atoms with Crippen molar-refractivity contribution in [2.45, 2.75) is 32.7 Å². The first-order valence-electron chi connectivity index (χ1n) is 10.6. The molecule has 1 aromatic heterocycles. The van der Waals surface area contributed by atoms with Crippen LogP contribution in [0.5, 0.6) is 5.75 Å². The average Bonchev–Trinajstić information content (AvgIpc) is 2.78. The second kappa shape index (κ2) is 9.80. The Morgan fingerprint density at radius 3 is 2.55 bits per heavy atom. The molecule has 0 aliphatic rings. The molecule has 0 saturated heterocycles. The molecule has 0 saturated carbocycles. The number of hydrogen-bond donors (Lipinski definition) is 0. The lowest BCUT2D eigenvalue weighted by Gasteiger charge is -2.14. The van der Waals surface area contributed by atoms with Gasteiger partial charge in [0.05, 0.1) is 17.5 Å². The van der Waals surface area contributed by atoms with Crippen LogP contribution in [0.1, 0.15) is 24.8 Å². The number of rotatable bonds is 8. The van der Waals surface area contributed by atoms with Gasteiger partial charge in [-0.3, -0.25) is 9.36 Å². The van der Waals surface area contributed by atoms with E-state index in [0.29, 0.717) is 34.9 Å². The van der Waals surface area contributed by atoms with Gasteiger partial charge in [0.25, 0.3) is 5.56 Å². The Kier molecular flexibility index (Phi) is 6.68. The summed E-state index contributed by atoms with van der Waals surface area (Å²) >= 11 is 6.05. The zero-order valence-electron chi connectivity index (χ0n) is 17.6. The molecule has 4 nitrogen and oxygen atoms in total. The van der Waals surface area contributed by atoms with E-state index in [2.05, 4.69) is 13.0 Å². The second-order valence-corrected chi connectivity index (χ2v) is 8.08. The molecule has 4 rings (SSSR count). The van der Waals surface area contributed by atoms with Crippen LogP contribution in [-0.2, 0) is 6.54 Å². The standard InChI is InChI=1S/C26H25ClN2O2/c1-19-8-7-9-22(18-19)31-17-6-2-5-16-29-25(20-12-14-21(27)15-13-20)28-24-11-4-3-10-23(24)26(29)30/h3-4,7-15,18H,2,5-6,16-17H2,1H3. The maximum atomic E-state index is 13.2. The number of halogens is 1. The number of ether oxygens (including phenoxy) is 1. The number of hydrogen-bond acceptors (Lipinski definition) is 3. The molecule has 0 amide bonds. The highest BCUT2D eigenvalue weighted by atomic mass is 35.5. The van der Waals surface area contributed by atoms with E-state index in [1.54, 1.807) is 4.57 Å². The smallest absolute Gasteiger partial charge is 0.261 e. The van der Waals surface area contributed by atoms with Crippen molar-refractivity contribution in [3.8, 4) is 17.1 Å². The van der Waals surface area contributed by atoms with Gasteiger partial charge in [-0.15, -0.1) is 0 Å². The van der Waals surface area contributed by atoms with E-state index in [-0.39, 0.29) is 5.56 Å². The fourth-order valence-electron chi connectivity index (χ4n) is 3.64. The lowest BCUT2D eigenvalue weighted by molar-refractivity contribution is 0.303. The summed E-state index contributed by atoms with van der Waals surface area (Å²) in [6.07, 6.45) is 2.77. The van der Waals surface area contributed by atoms with Crippen molar-refractivity contribution in [3.63, 3.8) is 0 Å². The topological polar surface area (TPSA) is 44.1 Å². The first-order chi connectivity index (χ1) is 15.1. The number of para-hydroxylation sites is 1. The molecule has 1 heterocycles. The van der Waals surface area contributed by atoms with E-state index in [1.807, 2.05) is 66.7 Å². The molecule has 31 heavy (non-hydrogen) atoms. The number of aromatic nitrogens is 2. The van der Waals surface area contributed by atoms with Crippen molar-refractivity contribution in [2.24, 2.45) is 0 Å². The molecular weight excluding hydrogens is 408 g/mol. The third-order valence-corrected chi connectivity index (χ3v) is 5.50. The second-order valence-electron chi connectivity index (χ2n) is 7.64. The molecular formula is C26H25ClN2O2. The summed E-state index contributed by atoms with van der Waals surface area (Å²) in [7, 11) is 0. The van der Waals surface area contributed by atoms with Crippen molar-refractivity contribution in [1.29, 1.82) is 0 Å². The first-order valence-corrected chi connectivity index (χ1v) is 10.9. The van der Waals surface area contributed by atoms with Gasteiger partial charge < -0.3 is 4.74 Å². The summed E-state index contributed by atoms with van der Waals surface area (Å²) in [5, 5.41) is 1.30. The van der Waals surface area contributed by atoms with Gasteiger partial charge in [0, 0.05) is 17.1 Å². The summed E-state index contributed by atoms with van der Waals surface area (Å²) in [6, 6.07) is 23.0. The molecule has 0 fully saturated rings. The van der Waals surface area contributed by atoms with Crippen LogP contribution in [0.15, 0.2) is 77.6 Å². The van der Waals surface area contributed by atoms with Gasteiger partial charge in [0.1, 0.15) is 11.6 Å². The molecule has 0 aliphatic carbocycles. The average molecular weight is 433 g/mol. The van der Waals surface area contributed by atoms with Crippen LogP contribution in [-0.4, -0.2) is 16.2 Å². The van der Waals surface area contributed by atoms with Gasteiger partial charge in [-0.2, -0.15) is 0 Å². The minimum atomic E-state index is -0.00781. The number of aryl methyl sites for hydroxylation is 1. The van der Waals surface area contributed by atoms with Crippen LogP contribution in [0.25, 0.3) is 22.3 Å². The van der Waals surface area contributed by atoms with Crippen LogP contribution in [0.4, 0.5) is 0 Å². The van der Waals surface area contributed by atoms with Gasteiger partial charge in [-0.25, -0.2) is 4.98 Å². The van der Waals surface area contributed by atoms with Crippen molar-refractivity contribution in [1.82, 2.24) is 9.55 Å². The third-order valence-electron chi connectivity index (χ3n) is 5.25. The highest BCUT2D eigenvalue weighted by Crippen LogP contribution is 2.22. The van der Waals surface area contributed by atoms with Gasteiger partial charge in [0.2, 0.25) is 0 Å². The minimum absolute atomic E-state index is 0.00781. The Hall–Kier alpha value is -3.11. The SMILES string of the molecule is Cc1cccc(OCCCCCn2c(-c3ccc(Cl)cc3)nc3ccccc3c2=O)c1. The predicted octanol–water partition coefficient (Wildman–Crippen LogP) is 6.27. The fraction of sp³-hybridized carbons (Fsp3) is 0.231. The Morgan fingerprint density at radius 1 is 0.935 bits per heavy atom. The van der Waals surface area contributed by atoms with Crippen LogP contribution < -0.4 is 10.3 Å². The molecule has 0 N–H and O–H groups in total. The van der Waals surface area contributed by atoms with Crippen LogP contribution in [0.3, 0.4) is 0 Å². The summed E-state index contributed by atoms with van der Waals surface area (Å²) in [6.45, 7) is 3.33. The molecule has 0 atom stereocenters. The monoisotopic (exact) mass is 432 g/mol. The van der Waals surface area contributed by atoms with E-state index in [4.69, 9.17) is 21.3 Å². The zero-order valence-corrected chi connectivity index (χ0v) is 18.3. The van der Waals surface area contributed by atoms with Gasteiger partial charge in [-0.05, 0) is 80.3 Å². The number of fused-ring (bicyclic) bond motifs is 1. The third kappa shape index (κ3) is 5.15. The van der Waals surface area contributed by atoms with Crippen molar-refractivity contribution < 1.29 is 4.74 Å². The minimum Gasteiger partial charge on any atom is -0.494 e. The molecule has 158 valence electrons. The number of benzene rings is 3. The normalized spacial score (nSPS) is 11.0. The predicted molar refractivity (Wildman–Crippen MR) is 127 cm³/mol.